The molecule has 0 radical (unpaired) electrons. The first-order valence-electron chi connectivity index (χ1n) is 17.5. The van der Waals surface area contributed by atoms with E-state index in [1.54, 1.807) is 36.4 Å². The normalized spacial score (nSPS) is 10.4. The van der Waals surface area contributed by atoms with Gasteiger partial charge in [-0.3, -0.25) is 0 Å². The highest BCUT2D eigenvalue weighted by Crippen LogP contribution is 2.14. The summed E-state index contributed by atoms with van der Waals surface area (Å²) in [5, 5.41) is 0. The maximum atomic E-state index is 12.3. The number of carbonyl (C=O) groups excluding carboxylic acids is 6. The van der Waals surface area contributed by atoms with Crippen molar-refractivity contribution in [3.05, 3.63) is 106 Å². The molecule has 0 amide bonds. The molecular formula is C39H44O15. The van der Waals surface area contributed by atoms with E-state index in [9.17, 15) is 28.8 Å². The highest BCUT2D eigenvalue weighted by molar-refractivity contribution is 5.90. The van der Waals surface area contributed by atoms with Crippen molar-refractivity contribution in [2.24, 2.45) is 5.92 Å². The zero-order valence-electron chi connectivity index (χ0n) is 30.4. The van der Waals surface area contributed by atoms with E-state index in [4.69, 9.17) is 14.2 Å². The largest absolute Gasteiger partial charge is 0.549 e. The highest BCUT2D eigenvalue weighted by atomic mass is 17.2. The second-order valence-corrected chi connectivity index (χ2v) is 11.9. The summed E-state index contributed by atoms with van der Waals surface area (Å²) < 4.78 is 14.9. The number of hydrogen-bond acceptors (Lipinski definition) is 15. The molecule has 0 aliphatic heterocycles. The standard InChI is InChI=1S/C39H44O15/c1-4-7-27-10-16-31(17-11-27)34(40)49-52-37(43)46-24-22-30(26-48-39(45)54-51-36(42)33-20-14-29(9-6-3)15-21-33)23-25-47-38(44)53-50-35(41)32-18-12-28(8-5-2)13-19-32/h10-21,30H,4-9,22-26H2,1-3H3. The number of ether oxygens (including phenoxy) is 3. The zero-order valence-corrected chi connectivity index (χ0v) is 30.4. The fourth-order valence-electron chi connectivity index (χ4n) is 4.84. The summed E-state index contributed by atoms with van der Waals surface area (Å²) in [6.45, 7) is 5.08. The van der Waals surface area contributed by atoms with E-state index in [0.717, 1.165) is 55.2 Å². The number of rotatable bonds is 17. The van der Waals surface area contributed by atoms with Crippen molar-refractivity contribution in [1.29, 1.82) is 0 Å². The minimum atomic E-state index is -1.35. The first-order chi connectivity index (χ1) is 26.1. The zero-order chi connectivity index (χ0) is 39.1. The quantitative estimate of drug-likeness (QED) is 0.0558. The van der Waals surface area contributed by atoms with Crippen LogP contribution in [0.5, 0.6) is 0 Å². The van der Waals surface area contributed by atoms with Gasteiger partial charge in [-0.15, -0.1) is 0 Å². The van der Waals surface area contributed by atoms with Gasteiger partial charge in [-0.1, -0.05) is 76.4 Å². The third-order valence-corrected chi connectivity index (χ3v) is 7.67. The van der Waals surface area contributed by atoms with Gasteiger partial charge in [-0.25, -0.2) is 43.7 Å². The minimum absolute atomic E-state index is 0.0144. The second kappa shape index (κ2) is 23.4. The van der Waals surface area contributed by atoms with Gasteiger partial charge < -0.3 is 14.2 Å². The molecule has 0 heterocycles. The Morgan fingerprint density at radius 3 is 1.02 bits per heavy atom. The van der Waals surface area contributed by atoms with E-state index in [-0.39, 0.29) is 49.4 Å². The molecule has 3 aromatic rings. The maximum absolute atomic E-state index is 12.3. The molecule has 0 atom stereocenters. The van der Waals surface area contributed by atoms with Crippen molar-refractivity contribution >= 4 is 36.4 Å². The van der Waals surface area contributed by atoms with Crippen LogP contribution in [0.4, 0.5) is 14.4 Å². The average Bonchev–Trinajstić information content (AvgIpc) is 3.18. The lowest BCUT2D eigenvalue weighted by Gasteiger charge is -2.16. The average molecular weight is 753 g/mol. The minimum Gasteiger partial charge on any atom is -0.432 e. The van der Waals surface area contributed by atoms with Crippen LogP contribution in [0.2, 0.25) is 0 Å². The fraction of sp³-hybridized carbons (Fsp3) is 0.385. The molecule has 54 heavy (non-hydrogen) atoms. The smallest absolute Gasteiger partial charge is 0.432 e. The lowest BCUT2D eigenvalue weighted by atomic mass is 10.0. The van der Waals surface area contributed by atoms with Gasteiger partial charge >= 0.3 is 36.4 Å². The van der Waals surface area contributed by atoms with E-state index < -0.39 is 42.3 Å². The van der Waals surface area contributed by atoms with Crippen LogP contribution in [-0.2, 0) is 62.8 Å². The lowest BCUT2D eigenvalue weighted by molar-refractivity contribution is -0.206. The first kappa shape index (κ1) is 42.3. The number of benzene rings is 3. The van der Waals surface area contributed by atoms with Crippen LogP contribution in [0, 0.1) is 5.92 Å². The molecule has 15 nitrogen and oxygen atoms in total. The molecule has 0 spiro atoms. The van der Waals surface area contributed by atoms with Crippen LogP contribution in [0.1, 0.15) is 101 Å². The van der Waals surface area contributed by atoms with Crippen molar-refractivity contribution in [1.82, 2.24) is 0 Å². The Hall–Kier alpha value is -6.12. The lowest BCUT2D eigenvalue weighted by Crippen LogP contribution is -2.21. The Balaban J connectivity index is 1.46. The summed E-state index contributed by atoms with van der Waals surface area (Å²) in [7, 11) is 0. The maximum Gasteiger partial charge on any atom is 0.549 e. The summed E-state index contributed by atoms with van der Waals surface area (Å²) in [5.41, 5.74) is 3.57. The van der Waals surface area contributed by atoms with Crippen LogP contribution in [0.3, 0.4) is 0 Å². The van der Waals surface area contributed by atoms with Gasteiger partial charge in [0.15, 0.2) is 0 Å². The second-order valence-electron chi connectivity index (χ2n) is 11.9. The Bertz CT molecular complexity index is 1570. The van der Waals surface area contributed by atoms with Gasteiger partial charge in [0.1, 0.15) is 0 Å². The van der Waals surface area contributed by atoms with Gasteiger partial charge in [0.2, 0.25) is 0 Å². The third-order valence-electron chi connectivity index (χ3n) is 7.67. The Morgan fingerprint density at radius 1 is 0.426 bits per heavy atom. The van der Waals surface area contributed by atoms with Crippen LogP contribution < -0.4 is 0 Å². The molecule has 0 saturated carbocycles. The van der Waals surface area contributed by atoms with E-state index in [2.05, 4.69) is 29.3 Å². The molecule has 290 valence electrons. The van der Waals surface area contributed by atoms with Crippen LogP contribution in [-0.4, -0.2) is 56.2 Å². The van der Waals surface area contributed by atoms with Crippen molar-refractivity contribution in [2.75, 3.05) is 19.8 Å². The molecule has 15 heteroatoms. The number of carbonyl (C=O) groups is 6. The fourth-order valence-corrected chi connectivity index (χ4v) is 4.84. The van der Waals surface area contributed by atoms with Crippen molar-refractivity contribution in [3.63, 3.8) is 0 Å². The summed E-state index contributed by atoms with van der Waals surface area (Å²) in [6, 6.07) is 19.8. The molecule has 0 unspecified atom stereocenters. The van der Waals surface area contributed by atoms with Gasteiger partial charge in [0, 0.05) is 0 Å². The molecule has 0 bridgehead atoms. The van der Waals surface area contributed by atoms with Crippen LogP contribution in [0.15, 0.2) is 72.8 Å². The molecular weight excluding hydrogens is 708 g/mol. The van der Waals surface area contributed by atoms with E-state index in [0.29, 0.717) is 0 Å². The molecule has 0 N–H and O–H groups in total. The molecule has 0 aliphatic carbocycles. The van der Waals surface area contributed by atoms with Gasteiger partial charge in [0.05, 0.1) is 36.5 Å². The predicted octanol–water partition coefficient (Wildman–Crippen LogP) is 8.02. The van der Waals surface area contributed by atoms with Crippen molar-refractivity contribution in [3.8, 4) is 0 Å². The van der Waals surface area contributed by atoms with Gasteiger partial charge in [0.25, 0.3) is 0 Å². The molecule has 0 aliphatic rings. The molecule has 0 fully saturated rings. The summed E-state index contributed by atoms with van der Waals surface area (Å²) in [4.78, 5) is 100.0. The highest BCUT2D eigenvalue weighted by Gasteiger charge is 2.20. The topological polar surface area (TPSA) is 185 Å². The Labute approximate surface area is 312 Å². The molecule has 0 aromatic heterocycles. The Kier molecular flexibility index (Phi) is 18.4. The molecule has 3 aromatic carbocycles. The van der Waals surface area contributed by atoms with E-state index in [1.165, 1.54) is 36.4 Å². The van der Waals surface area contributed by atoms with E-state index >= 15 is 0 Å². The monoisotopic (exact) mass is 752 g/mol. The van der Waals surface area contributed by atoms with E-state index in [1.807, 2.05) is 20.8 Å². The summed E-state index contributed by atoms with van der Waals surface area (Å²) >= 11 is 0. The van der Waals surface area contributed by atoms with Crippen LogP contribution >= 0.6 is 0 Å². The first-order valence-corrected chi connectivity index (χ1v) is 17.5. The van der Waals surface area contributed by atoms with Gasteiger partial charge in [-0.05, 0) is 91.1 Å². The number of aryl methyl sites for hydroxylation is 3. The molecule has 0 saturated heterocycles. The van der Waals surface area contributed by atoms with Crippen molar-refractivity contribution < 1.29 is 72.3 Å². The number of hydrogen-bond donors (Lipinski definition) is 0. The summed E-state index contributed by atoms with van der Waals surface area (Å²) in [5.74, 6) is -3.38. The summed E-state index contributed by atoms with van der Waals surface area (Å²) in [6.07, 6.45) is 1.36. The third kappa shape index (κ3) is 15.6. The predicted molar refractivity (Wildman–Crippen MR) is 188 cm³/mol. The van der Waals surface area contributed by atoms with Crippen molar-refractivity contribution in [2.45, 2.75) is 72.1 Å². The van der Waals surface area contributed by atoms with Gasteiger partial charge in [-0.2, -0.15) is 14.4 Å². The molecule has 3 rings (SSSR count). The van der Waals surface area contributed by atoms with Crippen LogP contribution in [0.25, 0.3) is 0 Å². The SMILES string of the molecule is CCCc1ccc(C(=O)OOC(=O)OCCC(CCOC(=O)OOC(=O)c2ccc(CCC)cc2)COC(=O)OOC(=O)c2ccc(CCC)cc2)cc1. The Morgan fingerprint density at radius 2 is 0.722 bits per heavy atom.